The maximum atomic E-state index is 12.9. The quantitative estimate of drug-likeness (QED) is 0.687. The molecule has 1 fully saturated rings. The van der Waals surface area contributed by atoms with Gasteiger partial charge in [0, 0.05) is 41.3 Å². The number of benzene rings is 1. The average Bonchev–Trinajstić information content (AvgIpc) is 3.32. The van der Waals surface area contributed by atoms with Crippen LogP contribution in [0.3, 0.4) is 0 Å². The van der Waals surface area contributed by atoms with Gasteiger partial charge in [0.1, 0.15) is 5.37 Å². The molecule has 0 N–H and O–H groups in total. The summed E-state index contributed by atoms with van der Waals surface area (Å²) in [7, 11) is 0. The van der Waals surface area contributed by atoms with E-state index in [0.29, 0.717) is 23.0 Å². The van der Waals surface area contributed by atoms with Crippen molar-refractivity contribution in [1.82, 2.24) is 15.0 Å². The minimum atomic E-state index is -0.145. The van der Waals surface area contributed by atoms with Gasteiger partial charge in [-0.25, -0.2) is 0 Å². The second kappa shape index (κ2) is 6.90. The average molecular weight is 372 g/mol. The molecule has 0 spiro atoms. The fourth-order valence-electron chi connectivity index (χ4n) is 2.78. The molecule has 0 saturated carbocycles. The summed E-state index contributed by atoms with van der Waals surface area (Å²) >= 11 is 7.81. The van der Waals surface area contributed by atoms with Crippen molar-refractivity contribution in [1.29, 1.82) is 0 Å². The van der Waals surface area contributed by atoms with Crippen LogP contribution in [-0.4, -0.2) is 33.2 Å². The van der Waals surface area contributed by atoms with E-state index >= 15 is 0 Å². The van der Waals surface area contributed by atoms with E-state index in [1.807, 2.05) is 36.4 Å². The number of pyridine rings is 1. The lowest BCUT2D eigenvalue weighted by molar-refractivity contribution is 0.0750. The van der Waals surface area contributed by atoms with Gasteiger partial charge in [0.2, 0.25) is 0 Å². The molecule has 0 aliphatic carbocycles. The Bertz CT molecular complexity index is 900. The SMILES string of the molecule is O=C(c1cc(-c2cccnc2)on1)N1CCSC1c1cccc(Cl)c1. The number of nitrogens with zero attached hydrogens (tertiary/aromatic N) is 3. The van der Waals surface area contributed by atoms with Gasteiger partial charge in [-0.1, -0.05) is 28.9 Å². The van der Waals surface area contributed by atoms with Crippen LogP contribution in [0.4, 0.5) is 0 Å². The summed E-state index contributed by atoms with van der Waals surface area (Å²) in [6.07, 6.45) is 3.36. The maximum Gasteiger partial charge on any atom is 0.277 e. The second-order valence-corrected chi connectivity index (χ2v) is 7.22. The van der Waals surface area contributed by atoms with Crippen LogP contribution in [-0.2, 0) is 0 Å². The maximum absolute atomic E-state index is 12.9. The van der Waals surface area contributed by atoms with Crippen LogP contribution < -0.4 is 0 Å². The minimum absolute atomic E-state index is 0.0651. The number of carbonyl (C=O) groups is 1. The highest BCUT2D eigenvalue weighted by Crippen LogP contribution is 2.39. The van der Waals surface area contributed by atoms with Crippen molar-refractivity contribution in [2.24, 2.45) is 0 Å². The van der Waals surface area contributed by atoms with E-state index in [1.54, 1.807) is 35.1 Å². The molecule has 1 saturated heterocycles. The Kier molecular flexibility index (Phi) is 4.46. The highest BCUT2D eigenvalue weighted by atomic mass is 35.5. The number of thioether (sulfide) groups is 1. The van der Waals surface area contributed by atoms with E-state index in [1.165, 1.54) is 0 Å². The van der Waals surface area contributed by atoms with Crippen molar-refractivity contribution < 1.29 is 9.32 Å². The van der Waals surface area contributed by atoms with Crippen molar-refractivity contribution in [3.63, 3.8) is 0 Å². The van der Waals surface area contributed by atoms with Crippen molar-refractivity contribution in [3.8, 4) is 11.3 Å². The molecule has 1 amide bonds. The lowest BCUT2D eigenvalue weighted by Crippen LogP contribution is -2.30. The molecule has 3 heterocycles. The Morgan fingerprint density at radius 3 is 3.00 bits per heavy atom. The first-order valence-corrected chi connectivity index (χ1v) is 9.20. The number of rotatable bonds is 3. The van der Waals surface area contributed by atoms with Gasteiger partial charge in [-0.2, -0.15) is 0 Å². The third kappa shape index (κ3) is 3.27. The third-order valence-electron chi connectivity index (χ3n) is 3.96. The molecule has 1 aliphatic rings. The molecule has 0 bridgehead atoms. The van der Waals surface area contributed by atoms with Gasteiger partial charge in [-0.15, -0.1) is 11.8 Å². The summed E-state index contributed by atoms with van der Waals surface area (Å²) in [6, 6.07) is 12.9. The van der Waals surface area contributed by atoms with Crippen LogP contribution in [0.2, 0.25) is 5.02 Å². The molecule has 3 aromatic rings. The topological polar surface area (TPSA) is 59.2 Å². The summed E-state index contributed by atoms with van der Waals surface area (Å²) < 4.78 is 5.33. The molecule has 1 aliphatic heterocycles. The molecule has 1 atom stereocenters. The fraction of sp³-hybridized carbons (Fsp3) is 0.167. The molecule has 126 valence electrons. The Morgan fingerprint density at radius 2 is 2.20 bits per heavy atom. The molecule has 5 nitrogen and oxygen atoms in total. The van der Waals surface area contributed by atoms with E-state index in [0.717, 1.165) is 16.9 Å². The summed E-state index contributed by atoms with van der Waals surface area (Å²) in [4.78, 5) is 18.8. The first kappa shape index (κ1) is 16.2. The molecule has 1 unspecified atom stereocenters. The van der Waals surface area contributed by atoms with E-state index in [-0.39, 0.29) is 11.3 Å². The van der Waals surface area contributed by atoms with Crippen molar-refractivity contribution in [2.45, 2.75) is 5.37 Å². The monoisotopic (exact) mass is 371 g/mol. The Hall–Kier alpha value is -2.31. The number of aromatic nitrogens is 2. The first-order chi connectivity index (χ1) is 12.2. The molecule has 25 heavy (non-hydrogen) atoms. The highest BCUT2D eigenvalue weighted by molar-refractivity contribution is 7.99. The molecule has 1 aromatic carbocycles. The van der Waals surface area contributed by atoms with E-state index in [2.05, 4.69) is 10.1 Å². The zero-order chi connectivity index (χ0) is 17.2. The van der Waals surface area contributed by atoms with Crippen molar-refractivity contribution in [2.75, 3.05) is 12.3 Å². The number of halogens is 1. The van der Waals surface area contributed by atoms with Gasteiger partial charge in [0.15, 0.2) is 11.5 Å². The van der Waals surface area contributed by atoms with Gasteiger partial charge < -0.3 is 9.42 Å². The van der Waals surface area contributed by atoms with E-state index in [9.17, 15) is 4.79 Å². The molecular formula is C18H14ClN3O2S. The van der Waals surface area contributed by atoms with Gasteiger partial charge in [-0.3, -0.25) is 9.78 Å². The highest BCUT2D eigenvalue weighted by Gasteiger charge is 2.33. The summed E-state index contributed by atoms with van der Waals surface area (Å²) in [5.74, 6) is 1.26. The predicted molar refractivity (Wildman–Crippen MR) is 97.4 cm³/mol. The zero-order valence-corrected chi connectivity index (χ0v) is 14.7. The first-order valence-electron chi connectivity index (χ1n) is 7.77. The normalized spacial score (nSPS) is 17.0. The van der Waals surface area contributed by atoms with E-state index in [4.69, 9.17) is 16.1 Å². The summed E-state index contributed by atoms with van der Waals surface area (Å²) in [5.41, 5.74) is 2.10. The third-order valence-corrected chi connectivity index (χ3v) is 5.46. The number of carbonyl (C=O) groups excluding carboxylic acids is 1. The summed E-state index contributed by atoms with van der Waals surface area (Å²) in [6.45, 7) is 0.662. The van der Waals surface area contributed by atoms with Crippen molar-refractivity contribution in [3.05, 3.63) is 71.1 Å². The standard InChI is InChI=1S/C18H14ClN3O2S/c19-14-5-1-3-12(9-14)18-22(7-8-25-18)17(23)15-10-16(24-21-15)13-4-2-6-20-11-13/h1-6,9-11,18H,7-8H2. The lowest BCUT2D eigenvalue weighted by atomic mass is 10.2. The largest absolute Gasteiger partial charge is 0.355 e. The van der Waals surface area contributed by atoms with Crippen LogP contribution >= 0.6 is 23.4 Å². The van der Waals surface area contributed by atoms with Gasteiger partial charge in [0.05, 0.1) is 0 Å². The smallest absolute Gasteiger partial charge is 0.277 e. The van der Waals surface area contributed by atoms with Crippen molar-refractivity contribution >= 4 is 29.3 Å². The molecule has 0 radical (unpaired) electrons. The summed E-state index contributed by atoms with van der Waals surface area (Å²) in [5, 5.41) is 4.55. The van der Waals surface area contributed by atoms with Crippen LogP contribution in [0.15, 0.2) is 59.4 Å². The number of amides is 1. The Labute approximate surface area is 154 Å². The molecule has 4 rings (SSSR count). The molecular weight excluding hydrogens is 358 g/mol. The minimum Gasteiger partial charge on any atom is -0.355 e. The van der Waals surface area contributed by atoms with E-state index < -0.39 is 0 Å². The van der Waals surface area contributed by atoms with Crippen LogP contribution in [0.25, 0.3) is 11.3 Å². The van der Waals surface area contributed by atoms with Crippen LogP contribution in [0, 0.1) is 0 Å². The van der Waals surface area contributed by atoms with Gasteiger partial charge in [-0.05, 0) is 29.8 Å². The Balaban J connectivity index is 1.59. The zero-order valence-electron chi connectivity index (χ0n) is 13.1. The molecule has 7 heteroatoms. The Morgan fingerprint density at radius 1 is 1.28 bits per heavy atom. The number of hydrogen-bond donors (Lipinski definition) is 0. The lowest BCUT2D eigenvalue weighted by Gasteiger charge is -2.23. The van der Waals surface area contributed by atoms with Gasteiger partial charge >= 0.3 is 0 Å². The second-order valence-electron chi connectivity index (χ2n) is 5.59. The van der Waals surface area contributed by atoms with Gasteiger partial charge in [0.25, 0.3) is 5.91 Å². The van der Waals surface area contributed by atoms with Crippen LogP contribution in [0.1, 0.15) is 21.4 Å². The molecule has 2 aromatic heterocycles. The fourth-order valence-corrected chi connectivity index (χ4v) is 4.23. The number of hydrogen-bond acceptors (Lipinski definition) is 5. The van der Waals surface area contributed by atoms with Crippen LogP contribution in [0.5, 0.6) is 0 Å². The predicted octanol–water partition coefficient (Wildman–Crippen LogP) is 4.28.